The summed E-state index contributed by atoms with van der Waals surface area (Å²) in [7, 11) is 0. The Kier molecular flexibility index (Phi) is 5.56. The third kappa shape index (κ3) is 4.20. The number of nitrogens with zero attached hydrogens (tertiary/aromatic N) is 2. The molecule has 7 heteroatoms. The molecule has 0 atom stereocenters. The summed E-state index contributed by atoms with van der Waals surface area (Å²) in [5.41, 5.74) is 11.8. The molecule has 0 saturated heterocycles. The number of nitrogens with one attached hydrogen (secondary N) is 1. The number of rotatable bonds is 3. The number of hydrogen-bond acceptors (Lipinski definition) is 3. The van der Waals surface area contributed by atoms with Gasteiger partial charge in [-0.1, -0.05) is 60.1 Å². The zero-order chi connectivity index (χ0) is 22.0. The van der Waals surface area contributed by atoms with Crippen LogP contribution in [-0.4, -0.2) is 16.9 Å². The van der Waals surface area contributed by atoms with Crippen LogP contribution in [0, 0.1) is 6.92 Å². The minimum atomic E-state index is -0.802. The molecule has 31 heavy (non-hydrogen) atoms. The number of pyridine rings is 1. The zero-order valence-corrected chi connectivity index (χ0v) is 17.4. The molecule has 4 aromatic rings. The van der Waals surface area contributed by atoms with Crippen LogP contribution in [0.25, 0.3) is 22.2 Å². The van der Waals surface area contributed by atoms with E-state index in [1.165, 1.54) is 0 Å². The number of anilines is 1. The van der Waals surface area contributed by atoms with Gasteiger partial charge in [0, 0.05) is 16.0 Å². The Balaban J connectivity index is 1.80. The van der Waals surface area contributed by atoms with Crippen molar-refractivity contribution in [3.8, 4) is 11.3 Å². The maximum atomic E-state index is 13.3. The summed E-state index contributed by atoms with van der Waals surface area (Å²) < 4.78 is 0. The summed E-state index contributed by atoms with van der Waals surface area (Å²) in [6, 6.07) is 22.5. The molecule has 0 radical (unpaired) electrons. The van der Waals surface area contributed by atoms with E-state index in [-0.39, 0.29) is 0 Å². The molecule has 0 aliphatic rings. The van der Waals surface area contributed by atoms with Gasteiger partial charge in [-0.25, -0.2) is 14.8 Å². The van der Waals surface area contributed by atoms with E-state index >= 15 is 0 Å². The predicted molar refractivity (Wildman–Crippen MR) is 123 cm³/mol. The van der Waals surface area contributed by atoms with Crippen LogP contribution < -0.4 is 16.2 Å². The van der Waals surface area contributed by atoms with Gasteiger partial charge in [-0.05, 0) is 42.8 Å². The van der Waals surface area contributed by atoms with Crippen LogP contribution in [0.4, 0.5) is 10.5 Å². The van der Waals surface area contributed by atoms with Crippen LogP contribution in [0.1, 0.15) is 15.9 Å². The third-order valence-corrected chi connectivity index (χ3v) is 5.13. The summed E-state index contributed by atoms with van der Waals surface area (Å²) in [6.07, 6.45) is 0. The van der Waals surface area contributed by atoms with E-state index in [0.717, 1.165) is 10.6 Å². The van der Waals surface area contributed by atoms with Crippen molar-refractivity contribution in [3.05, 3.63) is 95.0 Å². The molecular formula is C24H19ClN4O2. The lowest BCUT2D eigenvalue weighted by Gasteiger charge is -2.22. The number of para-hydroxylation sites is 1. The number of aryl methyl sites for hydroxylation is 1. The summed E-state index contributed by atoms with van der Waals surface area (Å²) in [5.74, 6) is -0.493. The second-order valence-electron chi connectivity index (χ2n) is 7.01. The molecule has 4 rings (SSSR count). The Morgan fingerprint density at radius 1 is 0.968 bits per heavy atom. The Morgan fingerprint density at radius 2 is 1.71 bits per heavy atom. The van der Waals surface area contributed by atoms with Crippen molar-refractivity contribution in [2.24, 2.45) is 5.73 Å². The number of fused-ring (bicyclic) bond motifs is 1. The fourth-order valence-electron chi connectivity index (χ4n) is 3.35. The molecule has 3 N–H and O–H groups in total. The fourth-order valence-corrected chi connectivity index (χ4v) is 3.58. The molecule has 0 aliphatic heterocycles. The van der Waals surface area contributed by atoms with Gasteiger partial charge in [0.05, 0.1) is 22.5 Å². The van der Waals surface area contributed by atoms with Gasteiger partial charge in [-0.3, -0.25) is 10.2 Å². The lowest BCUT2D eigenvalue weighted by Crippen LogP contribution is -2.49. The number of hydrogen-bond donors (Lipinski definition) is 2. The topological polar surface area (TPSA) is 88.3 Å². The van der Waals surface area contributed by atoms with Crippen molar-refractivity contribution in [2.45, 2.75) is 6.92 Å². The van der Waals surface area contributed by atoms with Gasteiger partial charge in [0.25, 0.3) is 5.91 Å². The van der Waals surface area contributed by atoms with Crippen LogP contribution >= 0.6 is 11.6 Å². The van der Waals surface area contributed by atoms with Gasteiger partial charge in [0.2, 0.25) is 0 Å². The van der Waals surface area contributed by atoms with Crippen molar-refractivity contribution in [3.63, 3.8) is 0 Å². The fraction of sp³-hybridized carbons (Fsp3) is 0.0417. The van der Waals surface area contributed by atoms with Crippen molar-refractivity contribution in [2.75, 3.05) is 5.01 Å². The SMILES string of the molecule is Cc1cccc(N(NC(=O)c2cc(-c3ccccc3Cl)nc3ccccc23)C(N)=O)c1. The monoisotopic (exact) mass is 430 g/mol. The average Bonchev–Trinajstić information content (AvgIpc) is 2.76. The molecule has 0 bridgehead atoms. The number of halogens is 1. The maximum absolute atomic E-state index is 13.3. The summed E-state index contributed by atoms with van der Waals surface area (Å²) in [5, 5.41) is 2.19. The van der Waals surface area contributed by atoms with Crippen molar-refractivity contribution in [1.29, 1.82) is 0 Å². The van der Waals surface area contributed by atoms with Crippen LogP contribution in [0.15, 0.2) is 78.9 Å². The highest BCUT2D eigenvalue weighted by atomic mass is 35.5. The Hall–Kier alpha value is -3.90. The first kappa shape index (κ1) is 20.4. The summed E-state index contributed by atoms with van der Waals surface area (Å²) >= 11 is 6.35. The Morgan fingerprint density at radius 3 is 2.45 bits per heavy atom. The minimum Gasteiger partial charge on any atom is -0.350 e. The average molecular weight is 431 g/mol. The highest BCUT2D eigenvalue weighted by Gasteiger charge is 2.20. The van der Waals surface area contributed by atoms with Gasteiger partial charge in [0.15, 0.2) is 0 Å². The van der Waals surface area contributed by atoms with E-state index in [1.54, 1.807) is 36.4 Å². The summed E-state index contributed by atoms with van der Waals surface area (Å²) in [4.78, 5) is 30.0. The van der Waals surface area contributed by atoms with Gasteiger partial charge in [-0.2, -0.15) is 0 Å². The molecule has 3 amide bonds. The summed E-state index contributed by atoms with van der Waals surface area (Å²) in [6.45, 7) is 1.89. The number of carbonyl (C=O) groups is 2. The molecule has 0 saturated carbocycles. The van der Waals surface area contributed by atoms with Gasteiger partial charge >= 0.3 is 6.03 Å². The lowest BCUT2D eigenvalue weighted by atomic mass is 10.0. The molecule has 0 fully saturated rings. The van der Waals surface area contributed by atoms with Crippen LogP contribution in [0.2, 0.25) is 5.02 Å². The Bertz CT molecular complexity index is 1310. The molecular weight excluding hydrogens is 412 g/mol. The first-order valence-corrected chi connectivity index (χ1v) is 9.94. The van der Waals surface area contributed by atoms with E-state index < -0.39 is 11.9 Å². The van der Waals surface area contributed by atoms with Gasteiger partial charge < -0.3 is 5.73 Å². The van der Waals surface area contributed by atoms with E-state index in [4.69, 9.17) is 17.3 Å². The number of aromatic nitrogens is 1. The smallest absolute Gasteiger partial charge is 0.338 e. The first-order valence-electron chi connectivity index (χ1n) is 9.56. The van der Waals surface area contributed by atoms with Crippen LogP contribution in [0.5, 0.6) is 0 Å². The van der Waals surface area contributed by atoms with Crippen molar-refractivity contribution in [1.82, 2.24) is 10.4 Å². The quantitative estimate of drug-likeness (QED) is 0.443. The van der Waals surface area contributed by atoms with Crippen molar-refractivity contribution < 1.29 is 9.59 Å². The second-order valence-corrected chi connectivity index (χ2v) is 7.41. The minimum absolute atomic E-state index is 0.347. The highest BCUT2D eigenvalue weighted by molar-refractivity contribution is 6.33. The number of benzene rings is 3. The second kappa shape index (κ2) is 8.45. The molecule has 154 valence electrons. The normalized spacial score (nSPS) is 10.6. The number of primary amides is 1. The number of urea groups is 1. The third-order valence-electron chi connectivity index (χ3n) is 4.80. The number of carbonyl (C=O) groups excluding carboxylic acids is 2. The predicted octanol–water partition coefficient (Wildman–Crippen LogP) is 5.09. The van der Waals surface area contributed by atoms with E-state index in [0.29, 0.717) is 38.4 Å². The molecule has 0 unspecified atom stereocenters. The largest absolute Gasteiger partial charge is 0.350 e. The number of nitrogens with two attached hydrogens (primary N) is 1. The van der Waals surface area contributed by atoms with E-state index in [1.807, 2.05) is 49.4 Å². The molecule has 6 nitrogen and oxygen atoms in total. The van der Waals surface area contributed by atoms with Crippen molar-refractivity contribution >= 4 is 40.1 Å². The molecule has 1 heterocycles. The van der Waals surface area contributed by atoms with Gasteiger partial charge in [-0.15, -0.1) is 0 Å². The molecule has 0 aliphatic carbocycles. The first-order chi connectivity index (χ1) is 14.9. The van der Waals surface area contributed by atoms with E-state index in [9.17, 15) is 9.59 Å². The van der Waals surface area contributed by atoms with Crippen LogP contribution in [-0.2, 0) is 0 Å². The highest BCUT2D eigenvalue weighted by Crippen LogP contribution is 2.30. The maximum Gasteiger partial charge on any atom is 0.338 e. The number of amides is 3. The number of hydrazine groups is 1. The van der Waals surface area contributed by atoms with Gasteiger partial charge in [0.1, 0.15) is 0 Å². The van der Waals surface area contributed by atoms with Crippen LogP contribution in [0.3, 0.4) is 0 Å². The zero-order valence-electron chi connectivity index (χ0n) is 16.7. The van der Waals surface area contributed by atoms with E-state index in [2.05, 4.69) is 10.4 Å². The lowest BCUT2D eigenvalue weighted by molar-refractivity contribution is 0.0952. The molecule has 1 aromatic heterocycles. The molecule has 3 aromatic carbocycles. The standard InChI is InChI=1S/C24H19ClN4O2/c1-15-7-6-8-16(13-15)29(24(26)31)28-23(30)19-14-22(18-10-2-4-11-20(18)25)27-21-12-5-3-9-17(19)21/h2-14H,1H3,(H2,26,31)(H,28,30). The Labute approximate surface area is 184 Å². The molecule has 0 spiro atoms.